The van der Waals surface area contributed by atoms with Crippen molar-refractivity contribution in [3.05, 3.63) is 28.5 Å². The SMILES string of the molecule is CC(=O)NCc1cc(Br)ccn1. The molecule has 0 saturated carbocycles. The van der Waals surface area contributed by atoms with Crippen LogP contribution in [0.25, 0.3) is 0 Å². The minimum atomic E-state index is -0.0447. The number of aromatic nitrogens is 1. The molecule has 0 atom stereocenters. The summed E-state index contributed by atoms with van der Waals surface area (Å²) < 4.78 is 0.970. The largest absolute Gasteiger partial charge is 0.351 e. The smallest absolute Gasteiger partial charge is 0.217 e. The molecule has 0 bridgehead atoms. The van der Waals surface area contributed by atoms with E-state index in [4.69, 9.17) is 0 Å². The highest BCUT2D eigenvalue weighted by atomic mass is 79.9. The molecular weight excluding hydrogens is 220 g/mol. The fourth-order valence-corrected chi connectivity index (χ4v) is 1.14. The van der Waals surface area contributed by atoms with Gasteiger partial charge in [-0.3, -0.25) is 9.78 Å². The van der Waals surface area contributed by atoms with Crippen LogP contribution in [0.5, 0.6) is 0 Å². The quantitative estimate of drug-likeness (QED) is 0.834. The van der Waals surface area contributed by atoms with Gasteiger partial charge in [-0.2, -0.15) is 0 Å². The topological polar surface area (TPSA) is 42.0 Å². The number of amides is 1. The van der Waals surface area contributed by atoms with Gasteiger partial charge in [0.1, 0.15) is 0 Å². The summed E-state index contributed by atoms with van der Waals surface area (Å²) in [5, 5.41) is 2.67. The van der Waals surface area contributed by atoms with Gasteiger partial charge in [0.15, 0.2) is 0 Å². The van der Waals surface area contributed by atoms with Crippen molar-refractivity contribution in [2.75, 3.05) is 0 Å². The number of halogens is 1. The van der Waals surface area contributed by atoms with E-state index in [1.165, 1.54) is 6.92 Å². The highest BCUT2D eigenvalue weighted by molar-refractivity contribution is 9.10. The lowest BCUT2D eigenvalue weighted by molar-refractivity contribution is -0.119. The first kappa shape index (κ1) is 9.19. The standard InChI is InChI=1S/C8H9BrN2O/c1-6(12)11-5-8-4-7(9)2-3-10-8/h2-4H,5H2,1H3,(H,11,12). The van der Waals surface area contributed by atoms with Gasteiger partial charge < -0.3 is 5.32 Å². The normalized spacial score (nSPS) is 9.50. The number of hydrogen-bond acceptors (Lipinski definition) is 2. The molecule has 0 fully saturated rings. The van der Waals surface area contributed by atoms with E-state index in [1.54, 1.807) is 6.20 Å². The molecule has 0 radical (unpaired) electrons. The van der Waals surface area contributed by atoms with Gasteiger partial charge in [0.05, 0.1) is 12.2 Å². The van der Waals surface area contributed by atoms with Crippen molar-refractivity contribution in [2.45, 2.75) is 13.5 Å². The zero-order chi connectivity index (χ0) is 8.97. The minimum absolute atomic E-state index is 0.0447. The molecule has 3 nitrogen and oxygen atoms in total. The van der Waals surface area contributed by atoms with Crippen LogP contribution in [0, 0.1) is 0 Å². The molecule has 0 saturated heterocycles. The molecule has 1 aromatic rings. The Balaban J connectivity index is 2.57. The molecule has 0 unspecified atom stereocenters. The van der Waals surface area contributed by atoms with E-state index >= 15 is 0 Å². The van der Waals surface area contributed by atoms with Crippen molar-refractivity contribution in [3.63, 3.8) is 0 Å². The summed E-state index contributed by atoms with van der Waals surface area (Å²) in [6, 6.07) is 3.72. The van der Waals surface area contributed by atoms with Gasteiger partial charge in [-0.1, -0.05) is 15.9 Å². The Labute approximate surface area is 79.3 Å². The molecule has 64 valence electrons. The van der Waals surface area contributed by atoms with Gasteiger partial charge >= 0.3 is 0 Å². The van der Waals surface area contributed by atoms with Crippen molar-refractivity contribution in [3.8, 4) is 0 Å². The Bertz CT molecular complexity index is 288. The van der Waals surface area contributed by atoms with Crippen molar-refractivity contribution >= 4 is 21.8 Å². The summed E-state index contributed by atoms with van der Waals surface area (Å²) in [7, 11) is 0. The zero-order valence-electron chi connectivity index (χ0n) is 6.67. The van der Waals surface area contributed by atoms with E-state index in [-0.39, 0.29) is 5.91 Å². The van der Waals surface area contributed by atoms with Crippen LogP contribution in [-0.4, -0.2) is 10.9 Å². The van der Waals surface area contributed by atoms with E-state index in [0.717, 1.165) is 10.2 Å². The molecule has 1 aromatic heterocycles. The number of nitrogens with zero attached hydrogens (tertiary/aromatic N) is 1. The lowest BCUT2D eigenvalue weighted by Crippen LogP contribution is -2.19. The van der Waals surface area contributed by atoms with Crippen LogP contribution in [-0.2, 0) is 11.3 Å². The van der Waals surface area contributed by atoms with E-state index in [1.807, 2.05) is 12.1 Å². The number of carbonyl (C=O) groups is 1. The summed E-state index contributed by atoms with van der Waals surface area (Å²) in [5.41, 5.74) is 0.847. The third-order valence-corrected chi connectivity index (χ3v) is 1.79. The van der Waals surface area contributed by atoms with Gasteiger partial charge in [-0.25, -0.2) is 0 Å². The predicted molar refractivity (Wildman–Crippen MR) is 49.5 cm³/mol. The Morgan fingerprint density at radius 1 is 1.75 bits per heavy atom. The summed E-state index contributed by atoms with van der Waals surface area (Å²) >= 11 is 3.32. The molecule has 0 aliphatic heterocycles. The second-order valence-electron chi connectivity index (χ2n) is 2.38. The van der Waals surface area contributed by atoms with Gasteiger partial charge in [-0.05, 0) is 12.1 Å². The first-order valence-corrected chi connectivity index (χ1v) is 4.32. The Hall–Kier alpha value is -0.900. The number of rotatable bonds is 2. The number of nitrogens with one attached hydrogen (secondary N) is 1. The lowest BCUT2D eigenvalue weighted by Gasteiger charge is -2.00. The van der Waals surface area contributed by atoms with E-state index < -0.39 is 0 Å². The molecule has 1 rings (SSSR count). The molecular formula is C8H9BrN2O. The second-order valence-corrected chi connectivity index (χ2v) is 3.29. The maximum atomic E-state index is 10.6. The maximum Gasteiger partial charge on any atom is 0.217 e. The Kier molecular flexibility index (Phi) is 3.22. The minimum Gasteiger partial charge on any atom is -0.351 e. The van der Waals surface area contributed by atoms with Crippen LogP contribution in [0.3, 0.4) is 0 Å². The van der Waals surface area contributed by atoms with E-state index in [9.17, 15) is 4.79 Å². The van der Waals surface area contributed by atoms with E-state index in [0.29, 0.717) is 6.54 Å². The second kappa shape index (κ2) is 4.21. The molecule has 1 heterocycles. The van der Waals surface area contributed by atoms with Crippen LogP contribution in [0.1, 0.15) is 12.6 Å². The van der Waals surface area contributed by atoms with Crippen LogP contribution in [0.15, 0.2) is 22.8 Å². The van der Waals surface area contributed by atoms with Gasteiger partial charge in [0.25, 0.3) is 0 Å². The average Bonchev–Trinajstić information content (AvgIpc) is 2.01. The zero-order valence-corrected chi connectivity index (χ0v) is 8.26. The fraction of sp³-hybridized carbons (Fsp3) is 0.250. The van der Waals surface area contributed by atoms with Crippen molar-refractivity contribution in [1.29, 1.82) is 0 Å². The number of pyridine rings is 1. The Morgan fingerprint density at radius 3 is 3.08 bits per heavy atom. The molecule has 0 aliphatic rings. The first-order chi connectivity index (χ1) is 5.68. The summed E-state index contributed by atoms with van der Waals surface area (Å²) in [6.07, 6.45) is 1.70. The Morgan fingerprint density at radius 2 is 2.50 bits per heavy atom. The molecule has 1 amide bonds. The molecule has 0 aliphatic carbocycles. The van der Waals surface area contributed by atoms with Crippen molar-refractivity contribution in [2.24, 2.45) is 0 Å². The van der Waals surface area contributed by atoms with Crippen LogP contribution < -0.4 is 5.32 Å². The van der Waals surface area contributed by atoms with Crippen LogP contribution >= 0.6 is 15.9 Å². The maximum absolute atomic E-state index is 10.6. The monoisotopic (exact) mass is 228 g/mol. The summed E-state index contributed by atoms with van der Waals surface area (Å²) in [5.74, 6) is -0.0447. The van der Waals surface area contributed by atoms with Gasteiger partial charge in [0.2, 0.25) is 5.91 Å². The van der Waals surface area contributed by atoms with Crippen LogP contribution in [0.4, 0.5) is 0 Å². The summed E-state index contributed by atoms with van der Waals surface area (Å²) in [6.45, 7) is 1.97. The predicted octanol–water partition coefficient (Wildman–Crippen LogP) is 1.48. The highest BCUT2D eigenvalue weighted by Gasteiger charge is 1.95. The molecule has 1 N–H and O–H groups in total. The lowest BCUT2D eigenvalue weighted by atomic mass is 10.3. The summed E-state index contributed by atoms with van der Waals surface area (Å²) in [4.78, 5) is 14.6. The fourth-order valence-electron chi connectivity index (χ4n) is 0.760. The first-order valence-electron chi connectivity index (χ1n) is 3.53. The van der Waals surface area contributed by atoms with Gasteiger partial charge in [0, 0.05) is 17.6 Å². The molecule has 0 spiro atoms. The molecule has 12 heavy (non-hydrogen) atoms. The molecule has 0 aromatic carbocycles. The molecule has 4 heteroatoms. The van der Waals surface area contributed by atoms with Gasteiger partial charge in [-0.15, -0.1) is 0 Å². The van der Waals surface area contributed by atoms with Crippen molar-refractivity contribution in [1.82, 2.24) is 10.3 Å². The highest BCUT2D eigenvalue weighted by Crippen LogP contribution is 2.08. The van der Waals surface area contributed by atoms with Crippen LogP contribution in [0.2, 0.25) is 0 Å². The number of carbonyl (C=O) groups excluding carboxylic acids is 1. The third kappa shape index (κ3) is 3.00. The van der Waals surface area contributed by atoms with E-state index in [2.05, 4.69) is 26.2 Å². The van der Waals surface area contributed by atoms with Crippen molar-refractivity contribution < 1.29 is 4.79 Å². The third-order valence-electron chi connectivity index (χ3n) is 1.30. The average molecular weight is 229 g/mol. The number of hydrogen-bond donors (Lipinski definition) is 1.